The molecule has 1 atom stereocenters. The van der Waals surface area contributed by atoms with Crippen LogP contribution in [0.1, 0.15) is 24.4 Å². The van der Waals surface area contributed by atoms with Crippen molar-refractivity contribution in [3.8, 4) is 0 Å². The van der Waals surface area contributed by atoms with E-state index in [1.54, 1.807) is 6.07 Å². The number of fused-ring (bicyclic) bond motifs is 1. The molecule has 0 amide bonds. The molecule has 2 aromatic carbocycles. The monoisotopic (exact) mass is 346 g/mol. The van der Waals surface area contributed by atoms with Crippen molar-refractivity contribution in [1.82, 2.24) is 4.57 Å². The SMILES string of the molecule is C=CC(CCCc1ccccc1)n1ccc(=O)c2cc(N(C)C)ccc21. The van der Waals surface area contributed by atoms with Crippen molar-refractivity contribution in [1.29, 1.82) is 0 Å². The van der Waals surface area contributed by atoms with Crippen LogP contribution in [0.15, 0.2) is 78.2 Å². The minimum absolute atomic E-state index is 0.0621. The first kappa shape index (κ1) is 18.0. The van der Waals surface area contributed by atoms with Crippen molar-refractivity contribution in [3.63, 3.8) is 0 Å². The number of aryl methyl sites for hydroxylation is 1. The number of anilines is 1. The molecule has 3 nitrogen and oxygen atoms in total. The summed E-state index contributed by atoms with van der Waals surface area (Å²) in [4.78, 5) is 14.4. The van der Waals surface area contributed by atoms with Crippen molar-refractivity contribution in [2.75, 3.05) is 19.0 Å². The van der Waals surface area contributed by atoms with E-state index in [-0.39, 0.29) is 11.5 Å². The minimum Gasteiger partial charge on any atom is -0.378 e. The maximum atomic E-state index is 12.4. The molecule has 0 radical (unpaired) electrons. The van der Waals surface area contributed by atoms with Crippen LogP contribution in [0.5, 0.6) is 0 Å². The Balaban J connectivity index is 1.86. The van der Waals surface area contributed by atoms with Crippen molar-refractivity contribution < 1.29 is 0 Å². The van der Waals surface area contributed by atoms with Gasteiger partial charge in [0.05, 0.1) is 11.6 Å². The summed E-state index contributed by atoms with van der Waals surface area (Å²) in [6.07, 6.45) is 6.99. The van der Waals surface area contributed by atoms with Crippen molar-refractivity contribution in [2.45, 2.75) is 25.3 Å². The van der Waals surface area contributed by atoms with Gasteiger partial charge in [-0.3, -0.25) is 4.79 Å². The molecular formula is C23H26N2O. The topological polar surface area (TPSA) is 25.2 Å². The average molecular weight is 346 g/mol. The van der Waals surface area contributed by atoms with E-state index < -0.39 is 0 Å². The van der Waals surface area contributed by atoms with Crippen molar-refractivity contribution >= 4 is 16.6 Å². The van der Waals surface area contributed by atoms with Crippen molar-refractivity contribution in [2.24, 2.45) is 0 Å². The Labute approximate surface area is 155 Å². The van der Waals surface area contributed by atoms with Crippen LogP contribution in [0.4, 0.5) is 5.69 Å². The molecule has 0 aliphatic rings. The lowest BCUT2D eigenvalue weighted by Gasteiger charge is -2.21. The fourth-order valence-corrected chi connectivity index (χ4v) is 3.36. The first-order valence-electron chi connectivity index (χ1n) is 9.09. The summed E-state index contributed by atoms with van der Waals surface area (Å²) < 4.78 is 2.17. The lowest BCUT2D eigenvalue weighted by Crippen LogP contribution is -2.14. The van der Waals surface area contributed by atoms with Crippen molar-refractivity contribution in [3.05, 3.63) is 89.2 Å². The van der Waals surface area contributed by atoms with Crippen LogP contribution in [0.2, 0.25) is 0 Å². The van der Waals surface area contributed by atoms with E-state index in [0.29, 0.717) is 0 Å². The van der Waals surface area contributed by atoms with Crippen LogP contribution >= 0.6 is 0 Å². The zero-order valence-electron chi connectivity index (χ0n) is 15.6. The van der Waals surface area contributed by atoms with Crippen LogP contribution < -0.4 is 10.3 Å². The summed E-state index contributed by atoms with van der Waals surface area (Å²) in [5, 5.41) is 0.758. The van der Waals surface area contributed by atoms with E-state index in [1.807, 2.05) is 49.5 Å². The Hall–Kier alpha value is -2.81. The third-order valence-electron chi connectivity index (χ3n) is 4.86. The van der Waals surface area contributed by atoms with Gasteiger partial charge in [0, 0.05) is 37.4 Å². The lowest BCUT2D eigenvalue weighted by atomic mass is 10.0. The van der Waals surface area contributed by atoms with E-state index in [0.717, 1.165) is 35.9 Å². The Bertz CT molecular complexity index is 941. The fraction of sp³-hybridized carbons (Fsp3) is 0.261. The van der Waals surface area contributed by atoms with E-state index in [2.05, 4.69) is 41.5 Å². The predicted octanol–water partition coefficient (Wildman–Crippen LogP) is 4.82. The number of nitrogens with zero attached hydrogens (tertiary/aromatic N) is 2. The highest BCUT2D eigenvalue weighted by molar-refractivity contribution is 5.83. The quantitative estimate of drug-likeness (QED) is 0.573. The number of hydrogen-bond acceptors (Lipinski definition) is 2. The first-order chi connectivity index (χ1) is 12.6. The fourth-order valence-electron chi connectivity index (χ4n) is 3.36. The standard InChI is InChI=1S/C23H26N2O/c1-4-19(12-8-11-18-9-6-5-7-10-18)25-16-15-23(26)21-17-20(24(2)3)13-14-22(21)25/h4-7,9-10,13-17,19H,1,8,11-12H2,2-3H3. The molecular weight excluding hydrogens is 320 g/mol. The maximum absolute atomic E-state index is 12.4. The number of aromatic nitrogens is 1. The lowest BCUT2D eigenvalue weighted by molar-refractivity contribution is 0.546. The second-order valence-corrected chi connectivity index (χ2v) is 6.86. The Morgan fingerprint density at radius 2 is 1.88 bits per heavy atom. The molecule has 1 unspecified atom stereocenters. The van der Waals surface area contributed by atoms with E-state index in [1.165, 1.54) is 5.56 Å². The molecule has 0 saturated heterocycles. The van der Waals surface area contributed by atoms with Gasteiger partial charge in [-0.25, -0.2) is 0 Å². The molecule has 1 aromatic heterocycles. The second kappa shape index (κ2) is 8.05. The highest BCUT2D eigenvalue weighted by atomic mass is 16.1. The van der Waals surface area contributed by atoms with Crippen LogP contribution in [0, 0.1) is 0 Å². The third kappa shape index (κ3) is 3.88. The Kier molecular flexibility index (Phi) is 5.57. The number of benzene rings is 2. The molecule has 0 bridgehead atoms. The second-order valence-electron chi connectivity index (χ2n) is 6.86. The molecule has 0 fully saturated rings. The molecule has 0 N–H and O–H groups in total. The molecule has 3 heteroatoms. The summed E-state index contributed by atoms with van der Waals surface area (Å²) in [5.74, 6) is 0. The zero-order chi connectivity index (χ0) is 18.5. The van der Waals surface area contributed by atoms with E-state index in [9.17, 15) is 4.79 Å². The first-order valence-corrected chi connectivity index (χ1v) is 9.09. The molecule has 3 rings (SSSR count). The number of allylic oxidation sites excluding steroid dienone is 1. The summed E-state index contributed by atoms with van der Waals surface area (Å²) in [5.41, 5.74) is 3.42. The summed E-state index contributed by atoms with van der Waals surface area (Å²) in [7, 11) is 3.97. The van der Waals surface area contributed by atoms with Gasteiger partial charge in [-0.15, -0.1) is 6.58 Å². The van der Waals surface area contributed by atoms with Crippen LogP contribution in [-0.4, -0.2) is 18.7 Å². The van der Waals surface area contributed by atoms with Gasteiger partial charge in [0.25, 0.3) is 0 Å². The van der Waals surface area contributed by atoms with E-state index >= 15 is 0 Å². The van der Waals surface area contributed by atoms with Gasteiger partial charge in [0.15, 0.2) is 5.43 Å². The predicted molar refractivity (Wildman–Crippen MR) is 111 cm³/mol. The van der Waals surface area contributed by atoms with Crippen LogP contribution in [0.25, 0.3) is 10.9 Å². The Morgan fingerprint density at radius 1 is 1.12 bits per heavy atom. The number of rotatable bonds is 7. The largest absolute Gasteiger partial charge is 0.378 e. The summed E-state index contributed by atoms with van der Waals surface area (Å²) in [6, 6.07) is 18.4. The average Bonchev–Trinajstić information content (AvgIpc) is 2.67. The smallest absolute Gasteiger partial charge is 0.189 e. The Morgan fingerprint density at radius 3 is 2.58 bits per heavy atom. The third-order valence-corrected chi connectivity index (χ3v) is 4.86. The molecule has 0 aliphatic carbocycles. The van der Waals surface area contributed by atoms with Gasteiger partial charge in [0.2, 0.25) is 0 Å². The highest BCUT2D eigenvalue weighted by Gasteiger charge is 2.11. The van der Waals surface area contributed by atoms with E-state index in [4.69, 9.17) is 0 Å². The molecule has 26 heavy (non-hydrogen) atoms. The highest BCUT2D eigenvalue weighted by Crippen LogP contribution is 2.24. The van der Waals surface area contributed by atoms with Gasteiger partial charge in [-0.1, -0.05) is 36.4 Å². The molecule has 0 spiro atoms. The van der Waals surface area contributed by atoms with Gasteiger partial charge in [-0.2, -0.15) is 0 Å². The van der Waals surface area contributed by atoms with Crippen LogP contribution in [-0.2, 0) is 6.42 Å². The van der Waals surface area contributed by atoms with Gasteiger partial charge in [0.1, 0.15) is 0 Å². The molecule has 0 saturated carbocycles. The normalized spacial score (nSPS) is 12.1. The molecule has 1 heterocycles. The molecule has 0 aliphatic heterocycles. The summed E-state index contributed by atoms with van der Waals surface area (Å²) in [6.45, 7) is 4.03. The maximum Gasteiger partial charge on any atom is 0.189 e. The minimum atomic E-state index is 0.0621. The van der Waals surface area contributed by atoms with Crippen LogP contribution in [0.3, 0.4) is 0 Å². The molecule has 3 aromatic rings. The molecule has 134 valence electrons. The zero-order valence-corrected chi connectivity index (χ0v) is 15.6. The number of pyridine rings is 1. The van der Waals surface area contributed by atoms with Gasteiger partial charge < -0.3 is 9.47 Å². The van der Waals surface area contributed by atoms with Gasteiger partial charge >= 0.3 is 0 Å². The number of hydrogen-bond donors (Lipinski definition) is 0. The summed E-state index contributed by atoms with van der Waals surface area (Å²) >= 11 is 0. The van der Waals surface area contributed by atoms with Gasteiger partial charge in [-0.05, 0) is 43.0 Å².